The van der Waals surface area contributed by atoms with Crippen LogP contribution in [0.2, 0.25) is 0 Å². The van der Waals surface area contributed by atoms with Gasteiger partial charge in [-0.05, 0) is 52.5 Å². The Labute approximate surface area is 224 Å². The van der Waals surface area contributed by atoms with Crippen molar-refractivity contribution in [2.45, 2.75) is 45.4 Å². The standard InChI is InChI=1S/C35H38OSi/c1-2-3-4-5-6-13-22-32(30-29-31-20-11-7-12-21-31)36-37(33-23-14-8-15-24-33,34-25-16-9-17-26-34)35-27-18-10-19-28-35/h7-28,30H,2-6,29H2,1H3/b22-13+,32-30-. The van der Waals surface area contributed by atoms with E-state index in [1.165, 1.54) is 46.8 Å². The number of allylic oxidation sites excluding steroid dienone is 3. The average Bonchev–Trinajstić information content (AvgIpc) is 2.98. The largest absolute Gasteiger partial charge is 0.531 e. The Morgan fingerprint density at radius 3 is 1.59 bits per heavy atom. The van der Waals surface area contributed by atoms with Gasteiger partial charge >= 0.3 is 8.32 Å². The van der Waals surface area contributed by atoms with E-state index in [2.05, 4.69) is 146 Å². The third kappa shape index (κ3) is 7.21. The molecule has 0 aliphatic heterocycles. The van der Waals surface area contributed by atoms with Crippen LogP contribution in [0.25, 0.3) is 0 Å². The summed E-state index contributed by atoms with van der Waals surface area (Å²) in [5.74, 6) is 0.947. The molecular formula is C35H38OSi. The van der Waals surface area contributed by atoms with E-state index in [0.717, 1.165) is 18.6 Å². The molecule has 2 heteroatoms. The fraction of sp³-hybridized carbons (Fsp3) is 0.200. The van der Waals surface area contributed by atoms with Crippen LogP contribution < -0.4 is 15.6 Å². The van der Waals surface area contributed by atoms with Crippen molar-refractivity contribution in [3.63, 3.8) is 0 Å². The maximum atomic E-state index is 7.36. The number of unbranched alkanes of at least 4 members (excludes halogenated alkanes) is 4. The lowest BCUT2D eigenvalue weighted by Crippen LogP contribution is -2.69. The second kappa shape index (κ2) is 14.2. The molecule has 188 valence electrons. The molecule has 37 heavy (non-hydrogen) atoms. The van der Waals surface area contributed by atoms with Crippen LogP contribution in [0.3, 0.4) is 0 Å². The molecule has 4 rings (SSSR count). The first-order valence-corrected chi connectivity index (χ1v) is 15.5. The van der Waals surface area contributed by atoms with Crippen molar-refractivity contribution in [1.82, 2.24) is 0 Å². The molecule has 0 aromatic heterocycles. The molecule has 0 bridgehead atoms. The first-order valence-electron chi connectivity index (χ1n) is 13.6. The molecule has 1 nitrogen and oxygen atoms in total. The minimum absolute atomic E-state index is 0.833. The smallest absolute Gasteiger partial charge is 0.346 e. The lowest BCUT2D eigenvalue weighted by Gasteiger charge is -2.34. The first kappa shape index (κ1) is 26.4. The highest BCUT2D eigenvalue weighted by Gasteiger charge is 2.44. The van der Waals surface area contributed by atoms with Crippen LogP contribution in [-0.2, 0) is 10.8 Å². The predicted octanol–water partition coefficient (Wildman–Crippen LogP) is 7.32. The van der Waals surface area contributed by atoms with E-state index < -0.39 is 8.32 Å². The number of benzene rings is 4. The van der Waals surface area contributed by atoms with Crippen LogP contribution in [0.4, 0.5) is 0 Å². The second-order valence-corrected chi connectivity index (χ2v) is 12.7. The van der Waals surface area contributed by atoms with Gasteiger partial charge in [-0.2, -0.15) is 0 Å². The fourth-order valence-electron chi connectivity index (χ4n) is 4.74. The van der Waals surface area contributed by atoms with Gasteiger partial charge < -0.3 is 4.43 Å². The van der Waals surface area contributed by atoms with E-state index in [0.29, 0.717) is 0 Å². The van der Waals surface area contributed by atoms with Gasteiger partial charge in [0.1, 0.15) is 0 Å². The Hall–Kier alpha value is -3.62. The third-order valence-corrected chi connectivity index (χ3v) is 10.7. The highest BCUT2D eigenvalue weighted by atomic mass is 28.4. The summed E-state index contributed by atoms with van der Waals surface area (Å²) in [4.78, 5) is 0. The Bertz CT molecular complexity index is 1140. The van der Waals surface area contributed by atoms with Gasteiger partial charge in [-0.25, -0.2) is 0 Å². The summed E-state index contributed by atoms with van der Waals surface area (Å²) < 4.78 is 7.36. The Morgan fingerprint density at radius 1 is 0.622 bits per heavy atom. The summed E-state index contributed by atoms with van der Waals surface area (Å²) >= 11 is 0. The maximum absolute atomic E-state index is 7.36. The van der Waals surface area contributed by atoms with Crippen LogP contribution in [0.5, 0.6) is 0 Å². The van der Waals surface area contributed by atoms with Crippen LogP contribution in [0.1, 0.15) is 44.6 Å². The molecule has 0 aliphatic carbocycles. The highest BCUT2D eigenvalue weighted by molar-refractivity contribution is 7.07. The lowest BCUT2D eigenvalue weighted by atomic mass is 10.1. The van der Waals surface area contributed by atoms with E-state index in [1.54, 1.807) is 0 Å². The summed E-state index contributed by atoms with van der Waals surface area (Å²) in [6.45, 7) is 2.26. The molecule has 4 aromatic carbocycles. The molecule has 0 heterocycles. The molecule has 0 saturated heterocycles. The Kier molecular flexibility index (Phi) is 10.1. The van der Waals surface area contributed by atoms with Crippen molar-refractivity contribution in [2.75, 3.05) is 0 Å². The molecule has 4 aromatic rings. The quantitative estimate of drug-likeness (QED) is 0.0612. The van der Waals surface area contributed by atoms with Crippen molar-refractivity contribution in [3.8, 4) is 0 Å². The van der Waals surface area contributed by atoms with Gasteiger partial charge in [0.25, 0.3) is 0 Å². The summed E-state index contributed by atoms with van der Waals surface area (Å²) in [6.07, 6.45) is 13.7. The van der Waals surface area contributed by atoms with Gasteiger partial charge in [0.05, 0.1) is 5.76 Å². The third-order valence-electron chi connectivity index (χ3n) is 6.70. The predicted molar refractivity (Wildman–Crippen MR) is 161 cm³/mol. The van der Waals surface area contributed by atoms with Gasteiger partial charge in [-0.3, -0.25) is 0 Å². The molecule has 0 aliphatic rings. The van der Waals surface area contributed by atoms with Crippen molar-refractivity contribution in [1.29, 1.82) is 0 Å². The van der Waals surface area contributed by atoms with Crippen LogP contribution in [-0.4, -0.2) is 8.32 Å². The van der Waals surface area contributed by atoms with Gasteiger partial charge in [0, 0.05) is 0 Å². The molecule has 0 amide bonds. The molecule has 0 spiro atoms. The van der Waals surface area contributed by atoms with Gasteiger partial charge in [0.2, 0.25) is 0 Å². The normalized spacial score (nSPS) is 12.1. The second-order valence-electron chi connectivity index (χ2n) is 9.43. The SMILES string of the molecule is CCCCCC/C=C/C(=C/Cc1ccccc1)O[Si](c1ccccc1)(c1ccccc1)c1ccccc1. The van der Waals surface area contributed by atoms with Crippen molar-refractivity contribution in [2.24, 2.45) is 0 Å². The van der Waals surface area contributed by atoms with Gasteiger partial charge in [0.15, 0.2) is 0 Å². The zero-order chi connectivity index (χ0) is 25.6. The van der Waals surface area contributed by atoms with E-state index in [9.17, 15) is 0 Å². The van der Waals surface area contributed by atoms with Gasteiger partial charge in [-0.1, -0.05) is 154 Å². The zero-order valence-corrected chi connectivity index (χ0v) is 22.9. The summed E-state index contributed by atoms with van der Waals surface area (Å²) in [5.41, 5.74) is 1.28. The fourth-order valence-corrected chi connectivity index (χ4v) is 8.58. The summed E-state index contributed by atoms with van der Waals surface area (Å²) in [7, 11) is -2.83. The van der Waals surface area contributed by atoms with Crippen LogP contribution >= 0.6 is 0 Å². The van der Waals surface area contributed by atoms with E-state index in [4.69, 9.17) is 4.43 Å². The average molecular weight is 503 g/mol. The van der Waals surface area contributed by atoms with E-state index in [1.807, 2.05) is 0 Å². The van der Waals surface area contributed by atoms with Crippen molar-refractivity contribution in [3.05, 3.63) is 151 Å². The van der Waals surface area contributed by atoms with Crippen LogP contribution in [0.15, 0.2) is 145 Å². The van der Waals surface area contributed by atoms with Crippen molar-refractivity contribution < 1.29 is 4.43 Å². The van der Waals surface area contributed by atoms with E-state index in [-0.39, 0.29) is 0 Å². The molecule has 0 fully saturated rings. The summed E-state index contributed by atoms with van der Waals surface area (Å²) in [5, 5.41) is 3.73. The Balaban J connectivity index is 1.78. The summed E-state index contributed by atoms with van der Waals surface area (Å²) in [6, 6.07) is 43.0. The minimum atomic E-state index is -2.83. The van der Waals surface area contributed by atoms with Crippen molar-refractivity contribution >= 4 is 23.9 Å². The maximum Gasteiger partial charge on any atom is 0.346 e. The molecule has 0 unspecified atom stereocenters. The van der Waals surface area contributed by atoms with Crippen LogP contribution in [0, 0.1) is 0 Å². The molecular weight excluding hydrogens is 464 g/mol. The molecule has 0 atom stereocenters. The van der Waals surface area contributed by atoms with E-state index >= 15 is 0 Å². The molecule has 0 radical (unpaired) electrons. The van der Waals surface area contributed by atoms with Gasteiger partial charge in [-0.15, -0.1) is 0 Å². The minimum Gasteiger partial charge on any atom is -0.531 e. The number of rotatable bonds is 13. The number of hydrogen-bond donors (Lipinski definition) is 0. The monoisotopic (exact) mass is 502 g/mol. The molecule has 0 N–H and O–H groups in total. The Morgan fingerprint density at radius 2 is 1.11 bits per heavy atom. The number of hydrogen-bond acceptors (Lipinski definition) is 1. The first-order chi connectivity index (χ1) is 18.3. The highest BCUT2D eigenvalue weighted by Crippen LogP contribution is 2.17. The lowest BCUT2D eigenvalue weighted by molar-refractivity contribution is 0.455. The molecule has 0 saturated carbocycles. The zero-order valence-electron chi connectivity index (χ0n) is 21.9. The topological polar surface area (TPSA) is 9.23 Å².